The molecule has 11 rings (SSSR count). The topological polar surface area (TPSA) is 8.17 Å². The molecule has 0 unspecified atom stereocenters. The van der Waals surface area contributed by atoms with Crippen LogP contribution in [0.15, 0.2) is 212 Å². The van der Waals surface area contributed by atoms with Crippen LogP contribution >= 0.6 is 0 Å². The summed E-state index contributed by atoms with van der Waals surface area (Å²) in [6.45, 7) is 4.61. The second-order valence-corrected chi connectivity index (χ2v) is 16.3. The van der Waals surface area contributed by atoms with Crippen molar-refractivity contribution in [1.82, 2.24) is 4.57 Å². The van der Waals surface area contributed by atoms with Crippen molar-refractivity contribution in [2.45, 2.75) is 19.3 Å². The van der Waals surface area contributed by atoms with E-state index in [0.29, 0.717) is 0 Å². The van der Waals surface area contributed by atoms with E-state index >= 15 is 0 Å². The molecule has 0 fully saturated rings. The Balaban J connectivity index is 1.12. The molecule has 0 bridgehead atoms. The lowest BCUT2D eigenvalue weighted by atomic mass is 9.82. The highest BCUT2D eigenvalue weighted by Crippen LogP contribution is 2.51. The maximum Gasteiger partial charge on any atom is 0.123 e. The van der Waals surface area contributed by atoms with E-state index in [4.69, 9.17) is 0 Å². The number of halogens is 1. The molecular formula is C57H41FN2. The van der Waals surface area contributed by atoms with Gasteiger partial charge in [0.05, 0.1) is 11.2 Å². The minimum atomic E-state index is -0.256. The van der Waals surface area contributed by atoms with Gasteiger partial charge in [-0.25, -0.2) is 4.39 Å². The van der Waals surface area contributed by atoms with Crippen molar-refractivity contribution in [3.05, 3.63) is 229 Å². The second-order valence-electron chi connectivity index (χ2n) is 16.3. The van der Waals surface area contributed by atoms with E-state index in [1.807, 2.05) is 12.1 Å². The van der Waals surface area contributed by atoms with E-state index < -0.39 is 0 Å². The number of fused-ring (bicyclic) bond motifs is 6. The zero-order valence-corrected chi connectivity index (χ0v) is 33.5. The first-order valence-electron chi connectivity index (χ1n) is 20.6. The minimum absolute atomic E-state index is 0.154. The first-order valence-corrected chi connectivity index (χ1v) is 20.6. The Labute approximate surface area is 350 Å². The number of para-hydroxylation sites is 1. The third kappa shape index (κ3) is 5.69. The standard InChI is InChI=1S/C57H41FN2/c1-57(2)52-25-15-14-23-47(52)48-35-34-45(36-53(48)57)59(44-32-28-41(58)29-33-44)43-30-26-38(27-31-43)50-37-51-54(39-16-6-3-7-17-39)55(40-18-8-4-9-19-40)60(42-20-10-5-11-21-42)56(51)49-24-13-12-22-46(49)50/h3-37H,1-2H3. The third-order valence-electron chi connectivity index (χ3n) is 12.4. The average molecular weight is 773 g/mol. The van der Waals surface area contributed by atoms with Crippen molar-refractivity contribution in [3.63, 3.8) is 0 Å². The van der Waals surface area contributed by atoms with Crippen molar-refractivity contribution in [2.24, 2.45) is 0 Å². The molecule has 286 valence electrons. The molecule has 0 radical (unpaired) electrons. The van der Waals surface area contributed by atoms with Crippen molar-refractivity contribution in [3.8, 4) is 50.3 Å². The minimum Gasteiger partial charge on any atom is -0.310 e. The van der Waals surface area contributed by atoms with Crippen LogP contribution in [0.4, 0.5) is 21.5 Å². The number of hydrogen-bond acceptors (Lipinski definition) is 1. The summed E-state index contributed by atoms with van der Waals surface area (Å²) >= 11 is 0. The highest BCUT2D eigenvalue weighted by molar-refractivity contribution is 6.20. The number of rotatable bonds is 7. The molecule has 0 atom stereocenters. The molecule has 0 saturated heterocycles. The van der Waals surface area contributed by atoms with Crippen LogP contribution in [0.5, 0.6) is 0 Å². The Morgan fingerprint density at radius 2 is 0.967 bits per heavy atom. The molecule has 3 heteroatoms. The lowest BCUT2D eigenvalue weighted by molar-refractivity contribution is 0.628. The third-order valence-corrected chi connectivity index (χ3v) is 12.4. The molecular weight excluding hydrogens is 732 g/mol. The predicted molar refractivity (Wildman–Crippen MR) is 249 cm³/mol. The van der Waals surface area contributed by atoms with Gasteiger partial charge in [-0.3, -0.25) is 0 Å². The summed E-state index contributed by atoms with van der Waals surface area (Å²) in [5, 5.41) is 3.56. The van der Waals surface area contributed by atoms with Crippen LogP contribution in [0.25, 0.3) is 72.0 Å². The largest absolute Gasteiger partial charge is 0.310 e. The molecule has 0 spiro atoms. The lowest BCUT2D eigenvalue weighted by Crippen LogP contribution is -2.16. The highest BCUT2D eigenvalue weighted by Gasteiger charge is 2.36. The molecule has 1 aliphatic rings. The Kier molecular flexibility index (Phi) is 8.38. The highest BCUT2D eigenvalue weighted by atomic mass is 19.1. The van der Waals surface area contributed by atoms with Gasteiger partial charge in [-0.15, -0.1) is 0 Å². The van der Waals surface area contributed by atoms with Gasteiger partial charge < -0.3 is 9.47 Å². The second kappa shape index (κ2) is 14.1. The van der Waals surface area contributed by atoms with Crippen molar-refractivity contribution in [1.29, 1.82) is 0 Å². The SMILES string of the molecule is CC1(C)c2ccccc2-c2ccc(N(c3ccc(F)cc3)c3ccc(-c4cc5c(-c6ccccc6)c(-c6ccccc6)n(-c6ccccc6)c5c5ccccc45)cc3)cc21. The molecule has 2 nitrogen and oxygen atoms in total. The van der Waals surface area contributed by atoms with E-state index in [9.17, 15) is 4.39 Å². The summed E-state index contributed by atoms with van der Waals surface area (Å²) < 4.78 is 16.9. The number of benzene rings is 9. The van der Waals surface area contributed by atoms with E-state index in [1.54, 1.807) is 12.1 Å². The smallest absolute Gasteiger partial charge is 0.123 e. The van der Waals surface area contributed by atoms with Gasteiger partial charge in [0, 0.05) is 44.5 Å². The predicted octanol–water partition coefficient (Wildman–Crippen LogP) is 15.7. The van der Waals surface area contributed by atoms with Gasteiger partial charge in [-0.1, -0.05) is 159 Å². The number of hydrogen-bond donors (Lipinski definition) is 0. The number of anilines is 3. The van der Waals surface area contributed by atoms with Crippen LogP contribution in [0.3, 0.4) is 0 Å². The van der Waals surface area contributed by atoms with Crippen LogP contribution < -0.4 is 4.90 Å². The van der Waals surface area contributed by atoms with Crippen molar-refractivity contribution in [2.75, 3.05) is 4.90 Å². The molecule has 60 heavy (non-hydrogen) atoms. The first-order chi connectivity index (χ1) is 29.5. The van der Waals surface area contributed by atoms with Crippen molar-refractivity contribution < 1.29 is 4.39 Å². The van der Waals surface area contributed by atoms with E-state index in [0.717, 1.165) is 45.1 Å². The Morgan fingerprint density at radius 3 is 1.67 bits per heavy atom. The van der Waals surface area contributed by atoms with Gasteiger partial charge in [0.25, 0.3) is 0 Å². The van der Waals surface area contributed by atoms with Crippen molar-refractivity contribution >= 4 is 38.7 Å². The zero-order chi connectivity index (χ0) is 40.4. The first kappa shape index (κ1) is 35.7. The molecule has 1 aromatic heterocycles. The molecule has 1 aliphatic carbocycles. The maximum absolute atomic E-state index is 14.4. The number of aromatic nitrogens is 1. The van der Waals surface area contributed by atoms with Crippen LogP contribution in [0, 0.1) is 5.82 Å². The molecule has 0 aliphatic heterocycles. The summed E-state index contributed by atoms with van der Waals surface area (Å²) in [5.74, 6) is -0.256. The van der Waals surface area contributed by atoms with Crippen LogP contribution in [-0.4, -0.2) is 4.57 Å². The van der Waals surface area contributed by atoms with Crippen LogP contribution in [-0.2, 0) is 5.41 Å². The van der Waals surface area contributed by atoms with E-state index in [2.05, 4.69) is 211 Å². The summed E-state index contributed by atoms with van der Waals surface area (Å²) in [6, 6.07) is 74.7. The fourth-order valence-corrected chi connectivity index (χ4v) is 9.64. The Bertz CT molecular complexity index is 3200. The Morgan fingerprint density at radius 1 is 0.417 bits per heavy atom. The molecule has 9 aromatic carbocycles. The summed E-state index contributed by atoms with van der Waals surface area (Å²) in [7, 11) is 0. The van der Waals surface area contributed by atoms with Gasteiger partial charge in [-0.05, 0) is 117 Å². The fraction of sp³-hybridized carbons (Fsp3) is 0.0526. The number of nitrogens with zero attached hydrogens (tertiary/aromatic N) is 2. The summed E-state index contributed by atoms with van der Waals surface area (Å²) in [4.78, 5) is 2.24. The maximum atomic E-state index is 14.4. The summed E-state index contributed by atoms with van der Waals surface area (Å²) in [5.41, 5.74) is 17.2. The van der Waals surface area contributed by atoms with Gasteiger partial charge in [-0.2, -0.15) is 0 Å². The van der Waals surface area contributed by atoms with Gasteiger partial charge in [0.2, 0.25) is 0 Å². The lowest BCUT2D eigenvalue weighted by Gasteiger charge is -2.28. The monoisotopic (exact) mass is 772 g/mol. The van der Waals surface area contributed by atoms with E-state index in [1.165, 1.54) is 55.1 Å². The normalized spacial score (nSPS) is 12.7. The molecule has 0 N–H and O–H groups in total. The van der Waals surface area contributed by atoms with Gasteiger partial charge >= 0.3 is 0 Å². The van der Waals surface area contributed by atoms with Gasteiger partial charge in [0.15, 0.2) is 0 Å². The Hall–Kier alpha value is -7.49. The fourth-order valence-electron chi connectivity index (χ4n) is 9.64. The molecule has 1 heterocycles. The molecule has 10 aromatic rings. The quantitative estimate of drug-likeness (QED) is 0.157. The summed E-state index contributed by atoms with van der Waals surface area (Å²) in [6.07, 6.45) is 0. The average Bonchev–Trinajstić information content (AvgIpc) is 3.77. The van der Waals surface area contributed by atoms with Gasteiger partial charge in [0.1, 0.15) is 5.82 Å². The van der Waals surface area contributed by atoms with Crippen LogP contribution in [0.1, 0.15) is 25.0 Å². The zero-order valence-electron chi connectivity index (χ0n) is 33.5. The molecule has 0 saturated carbocycles. The van der Waals surface area contributed by atoms with E-state index in [-0.39, 0.29) is 11.2 Å². The van der Waals surface area contributed by atoms with Crippen LogP contribution in [0.2, 0.25) is 0 Å². The molecule has 0 amide bonds.